The van der Waals surface area contributed by atoms with Crippen molar-refractivity contribution in [1.82, 2.24) is 10.3 Å². The number of ether oxygens (including phenoxy) is 1. The van der Waals surface area contributed by atoms with E-state index in [9.17, 15) is 9.59 Å². The Morgan fingerprint density at radius 2 is 1.78 bits per heavy atom. The first-order chi connectivity index (χ1) is 13.0. The second-order valence-corrected chi connectivity index (χ2v) is 6.40. The molecule has 0 aliphatic rings. The van der Waals surface area contributed by atoms with Gasteiger partial charge in [0.1, 0.15) is 0 Å². The van der Waals surface area contributed by atoms with Gasteiger partial charge in [-0.05, 0) is 38.0 Å². The highest BCUT2D eigenvalue weighted by Crippen LogP contribution is 2.19. The van der Waals surface area contributed by atoms with Crippen LogP contribution in [0.25, 0.3) is 10.9 Å². The van der Waals surface area contributed by atoms with E-state index in [1.807, 2.05) is 61.5 Å². The Bertz CT molecular complexity index is 954. The summed E-state index contributed by atoms with van der Waals surface area (Å²) in [6.07, 6.45) is -0.151. The Labute approximate surface area is 158 Å². The maximum absolute atomic E-state index is 12.6. The minimum absolute atomic E-state index is 0.311. The molecule has 0 spiro atoms. The van der Waals surface area contributed by atoms with Crippen LogP contribution >= 0.6 is 0 Å². The summed E-state index contributed by atoms with van der Waals surface area (Å²) in [6.45, 7) is 3.89. The fraction of sp³-hybridized carbons (Fsp3) is 0.227. The van der Waals surface area contributed by atoms with Crippen molar-refractivity contribution in [3.05, 3.63) is 77.5 Å². The van der Waals surface area contributed by atoms with Crippen LogP contribution in [0.15, 0.2) is 60.7 Å². The third-order valence-electron chi connectivity index (χ3n) is 4.27. The zero-order chi connectivity index (χ0) is 19.2. The summed E-state index contributed by atoms with van der Waals surface area (Å²) in [7, 11) is 0. The van der Waals surface area contributed by atoms with Gasteiger partial charge in [-0.25, -0.2) is 4.79 Å². The van der Waals surface area contributed by atoms with Gasteiger partial charge in [0.05, 0.1) is 11.1 Å². The number of rotatable bonds is 6. The second kappa shape index (κ2) is 8.45. The van der Waals surface area contributed by atoms with E-state index in [-0.39, 0.29) is 5.91 Å². The van der Waals surface area contributed by atoms with Crippen molar-refractivity contribution in [2.45, 2.75) is 26.4 Å². The fourth-order valence-corrected chi connectivity index (χ4v) is 2.87. The molecule has 1 N–H and O–H groups in total. The Morgan fingerprint density at radius 3 is 2.56 bits per heavy atom. The number of carbonyl (C=O) groups excluding carboxylic acids is 2. The maximum Gasteiger partial charge on any atom is 0.339 e. The molecule has 0 unspecified atom stereocenters. The molecule has 0 saturated heterocycles. The topological polar surface area (TPSA) is 68.3 Å². The van der Waals surface area contributed by atoms with E-state index >= 15 is 0 Å². The van der Waals surface area contributed by atoms with Crippen LogP contribution < -0.4 is 5.32 Å². The van der Waals surface area contributed by atoms with E-state index in [2.05, 4.69) is 10.3 Å². The number of hydrogen-bond donors (Lipinski definition) is 1. The lowest BCUT2D eigenvalue weighted by Gasteiger charge is -2.14. The number of hydrogen-bond acceptors (Lipinski definition) is 4. The number of amides is 1. The lowest BCUT2D eigenvalue weighted by molar-refractivity contribution is -0.129. The maximum atomic E-state index is 12.6. The van der Waals surface area contributed by atoms with Crippen molar-refractivity contribution < 1.29 is 14.3 Å². The Kier molecular flexibility index (Phi) is 5.81. The molecule has 5 heteroatoms. The molecule has 1 amide bonds. The van der Waals surface area contributed by atoms with Gasteiger partial charge >= 0.3 is 5.97 Å². The van der Waals surface area contributed by atoms with Crippen molar-refractivity contribution in [3.63, 3.8) is 0 Å². The number of esters is 1. The normalized spacial score (nSPS) is 11.8. The summed E-state index contributed by atoms with van der Waals surface area (Å²) < 4.78 is 5.39. The van der Waals surface area contributed by atoms with Crippen LogP contribution in [0.2, 0.25) is 0 Å². The van der Waals surface area contributed by atoms with E-state index < -0.39 is 12.1 Å². The predicted molar refractivity (Wildman–Crippen MR) is 105 cm³/mol. The molecule has 0 fully saturated rings. The average Bonchev–Trinajstić information content (AvgIpc) is 2.67. The molecule has 1 atom stereocenters. The fourth-order valence-electron chi connectivity index (χ4n) is 2.87. The minimum Gasteiger partial charge on any atom is -0.449 e. The lowest BCUT2D eigenvalue weighted by Crippen LogP contribution is -2.37. The Balaban J connectivity index is 1.61. The number of fused-ring (bicyclic) bond motifs is 1. The van der Waals surface area contributed by atoms with E-state index in [1.54, 1.807) is 13.0 Å². The van der Waals surface area contributed by atoms with Gasteiger partial charge in [0.25, 0.3) is 5.91 Å². The largest absolute Gasteiger partial charge is 0.449 e. The molecular formula is C22H22N2O3. The van der Waals surface area contributed by atoms with Crippen LogP contribution in [-0.2, 0) is 16.0 Å². The highest BCUT2D eigenvalue weighted by Gasteiger charge is 2.20. The SMILES string of the molecule is Cc1cc(C(=O)O[C@H](C)C(=O)NCCc2ccccc2)c2ccccc2n1. The summed E-state index contributed by atoms with van der Waals surface area (Å²) in [5, 5.41) is 3.52. The molecule has 1 aromatic heterocycles. The van der Waals surface area contributed by atoms with Crippen LogP contribution in [0, 0.1) is 6.92 Å². The lowest BCUT2D eigenvalue weighted by atomic mass is 10.1. The van der Waals surface area contributed by atoms with E-state index in [4.69, 9.17) is 4.74 Å². The van der Waals surface area contributed by atoms with Gasteiger partial charge in [0, 0.05) is 17.6 Å². The van der Waals surface area contributed by atoms with Crippen LogP contribution in [0.3, 0.4) is 0 Å². The number of aryl methyl sites for hydroxylation is 1. The minimum atomic E-state index is -0.875. The third kappa shape index (κ3) is 4.70. The van der Waals surface area contributed by atoms with Gasteiger partial charge in [-0.2, -0.15) is 0 Å². The molecule has 0 bridgehead atoms. The molecule has 3 rings (SSSR count). The van der Waals surface area contributed by atoms with Gasteiger partial charge in [0.2, 0.25) is 0 Å². The molecule has 0 aliphatic heterocycles. The second-order valence-electron chi connectivity index (χ2n) is 6.40. The third-order valence-corrected chi connectivity index (χ3v) is 4.27. The average molecular weight is 362 g/mol. The zero-order valence-corrected chi connectivity index (χ0v) is 15.4. The summed E-state index contributed by atoms with van der Waals surface area (Å²) in [4.78, 5) is 29.2. The quantitative estimate of drug-likeness (QED) is 0.682. The first-order valence-corrected chi connectivity index (χ1v) is 8.93. The number of benzene rings is 2. The summed E-state index contributed by atoms with van der Waals surface area (Å²) in [6, 6.07) is 19.0. The number of pyridine rings is 1. The van der Waals surface area contributed by atoms with Crippen molar-refractivity contribution in [2.24, 2.45) is 0 Å². The van der Waals surface area contributed by atoms with Crippen LogP contribution in [0.5, 0.6) is 0 Å². The molecule has 3 aromatic rings. The van der Waals surface area contributed by atoms with Crippen molar-refractivity contribution in [1.29, 1.82) is 0 Å². The Morgan fingerprint density at radius 1 is 1.07 bits per heavy atom. The van der Waals surface area contributed by atoms with Gasteiger partial charge in [-0.15, -0.1) is 0 Å². The van der Waals surface area contributed by atoms with Crippen LogP contribution in [-0.4, -0.2) is 29.5 Å². The number of nitrogens with zero attached hydrogens (tertiary/aromatic N) is 1. The monoisotopic (exact) mass is 362 g/mol. The highest BCUT2D eigenvalue weighted by molar-refractivity contribution is 6.04. The standard InChI is InChI=1S/C22H22N2O3/c1-15-14-19(18-10-6-7-11-20(18)24-15)22(26)27-16(2)21(25)23-13-12-17-8-4-3-5-9-17/h3-11,14,16H,12-13H2,1-2H3,(H,23,25)/t16-/m1/s1. The Hall–Kier alpha value is -3.21. The number of aromatic nitrogens is 1. The number of nitrogens with one attached hydrogen (secondary N) is 1. The van der Waals surface area contributed by atoms with E-state index in [0.717, 1.165) is 23.2 Å². The zero-order valence-electron chi connectivity index (χ0n) is 15.4. The molecule has 0 saturated carbocycles. The predicted octanol–water partition coefficient (Wildman–Crippen LogP) is 3.45. The molecule has 27 heavy (non-hydrogen) atoms. The summed E-state index contributed by atoms with van der Waals surface area (Å²) in [5.74, 6) is -0.836. The van der Waals surface area contributed by atoms with E-state index in [0.29, 0.717) is 17.5 Å². The summed E-state index contributed by atoms with van der Waals surface area (Å²) >= 11 is 0. The molecule has 0 aliphatic carbocycles. The molecular weight excluding hydrogens is 340 g/mol. The van der Waals surface area contributed by atoms with Crippen LogP contribution in [0.4, 0.5) is 0 Å². The molecule has 0 radical (unpaired) electrons. The molecule has 2 aromatic carbocycles. The molecule has 138 valence electrons. The van der Waals surface area contributed by atoms with Gasteiger partial charge in [0.15, 0.2) is 6.10 Å². The highest BCUT2D eigenvalue weighted by atomic mass is 16.5. The summed E-state index contributed by atoms with van der Waals surface area (Å²) in [5.41, 5.74) is 3.01. The first kappa shape index (κ1) is 18.6. The van der Waals surface area contributed by atoms with Crippen LogP contribution in [0.1, 0.15) is 28.5 Å². The molecule has 1 heterocycles. The number of carbonyl (C=O) groups is 2. The van der Waals surface area contributed by atoms with E-state index in [1.165, 1.54) is 0 Å². The molecule has 5 nitrogen and oxygen atoms in total. The van der Waals surface area contributed by atoms with Gasteiger partial charge in [-0.3, -0.25) is 9.78 Å². The van der Waals surface area contributed by atoms with Gasteiger partial charge < -0.3 is 10.1 Å². The van der Waals surface area contributed by atoms with Crippen molar-refractivity contribution in [2.75, 3.05) is 6.54 Å². The van der Waals surface area contributed by atoms with Crippen molar-refractivity contribution in [3.8, 4) is 0 Å². The first-order valence-electron chi connectivity index (χ1n) is 8.93. The van der Waals surface area contributed by atoms with Gasteiger partial charge in [-0.1, -0.05) is 48.5 Å². The number of para-hydroxylation sites is 1. The van der Waals surface area contributed by atoms with Crippen molar-refractivity contribution >= 4 is 22.8 Å². The smallest absolute Gasteiger partial charge is 0.339 e.